The molecule has 0 radical (unpaired) electrons. The summed E-state index contributed by atoms with van der Waals surface area (Å²) in [5.74, 6) is -0.113. The van der Waals surface area contributed by atoms with E-state index in [1.807, 2.05) is 17.8 Å². The Bertz CT molecular complexity index is 283. The molecule has 0 amide bonds. The van der Waals surface area contributed by atoms with E-state index in [9.17, 15) is 4.39 Å². The fourth-order valence-corrected chi connectivity index (χ4v) is 2.53. The lowest BCUT2D eigenvalue weighted by Gasteiger charge is -1.94. The average molecular weight is 168 g/mol. The van der Waals surface area contributed by atoms with E-state index in [1.54, 1.807) is 6.07 Å². The molecule has 2 rings (SSSR count). The Kier molecular flexibility index (Phi) is 1.64. The van der Waals surface area contributed by atoms with Crippen molar-refractivity contribution >= 4 is 11.8 Å². The van der Waals surface area contributed by atoms with Crippen molar-refractivity contribution in [3.8, 4) is 0 Å². The van der Waals surface area contributed by atoms with Gasteiger partial charge in [-0.05, 0) is 30.2 Å². The molecule has 0 saturated heterocycles. The highest BCUT2D eigenvalue weighted by Crippen LogP contribution is 2.36. The van der Waals surface area contributed by atoms with Crippen LogP contribution in [0.4, 0.5) is 4.39 Å². The van der Waals surface area contributed by atoms with Gasteiger partial charge in [-0.15, -0.1) is 11.8 Å². The Labute approximate surface area is 69.8 Å². The van der Waals surface area contributed by atoms with E-state index in [1.165, 1.54) is 16.5 Å². The molecule has 1 aromatic carbocycles. The second-order valence-corrected chi connectivity index (χ2v) is 4.36. The summed E-state index contributed by atoms with van der Waals surface area (Å²) in [5, 5.41) is 0.617. The van der Waals surface area contributed by atoms with Crippen molar-refractivity contribution in [1.29, 1.82) is 0 Å². The molecule has 11 heavy (non-hydrogen) atoms. The lowest BCUT2D eigenvalue weighted by molar-refractivity contribution is 0.624. The predicted octanol–water partition coefficient (Wildman–Crippen LogP) is 2.86. The number of hydrogen-bond acceptors (Lipinski definition) is 1. The van der Waals surface area contributed by atoms with Crippen LogP contribution in [-0.4, -0.2) is 5.25 Å². The van der Waals surface area contributed by atoms with Gasteiger partial charge in [-0.2, -0.15) is 0 Å². The summed E-state index contributed by atoms with van der Waals surface area (Å²) >= 11 is 1.83. The summed E-state index contributed by atoms with van der Waals surface area (Å²) in [7, 11) is 0. The van der Waals surface area contributed by atoms with Crippen LogP contribution < -0.4 is 0 Å². The molecule has 1 aliphatic heterocycles. The highest BCUT2D eigenvalue weighted by molar-refractivity contribution is 8.00. The Morgan fingerprint density at radius 2 is 2.36 bits per heavy atom. The minimum absolute atomic E-state index is 0.113. The van der Waals surface area contributed by atoms with E-state index in [2.05, 4.69) is 6.92 Å². The topological polar surface area (TPSA) is 0 Å². The summed E-state index contributed by atoms with van der Waals surface area (Å²) in [4.78, 5) is 1.25. The molecule has 1 aromatic rings. The normalized spacial score (nSPS) is 21.8. The third kappa shape index (κ3) is 1.27. The molecule has 2 heteroatoms. The largest absolute Gasteiger partial charge is 0.207 e. The SMILES string of the molecule is CC1Cc2cc(F)ccc2S1. The maximum absolute atomic E-state index is 12.7. The van der Waals surface area contributed by atoms with E-state index < -0.39 is 0 Å². The van der Waals surface area contributed by atoms with Gasteiger partial charge in [0.2, 0.25) is 0 Å². The standard InChI is InChI=1S/C9H9FS/c1-6-4-7-5-8(10)2-3-9(7)11-6/h2-3,5-6H,4H2,1H3. The quantitative estimate of drug-likeness (QED) is 0.574. The number of fused-ring (bicyclic) bond motifs is 1. The summed E-state index contributed by atoms with van der Waals surface area (Å²) in [6.07, 6.45) is 1.01. The van der Waals surface area contributed by atoms with E-state index in [0.717, 1.165) is 6.42 Å². The van der Waals surface area contributed by atoms with Crippen molar-refractivity contribution in [3.05, 3.63) is 29.6 Å². The summed E-state index contributed by atoms with van der Waals surface area (Å²) in [6.45, 7) is 2.17. The molecule has 1 atom stereocenters. The van der Waals surface area contributed by atoms with Gasteiger partial charge in [0, 0.05) is 10.1 Å². The lowest BCUT2D eigenvalue weighted by Crippen LogP contribution is -1.91. The van der Waals surface area contributed by atoms with Crippen LogP contribution in [0, 0.1) is 5.82 Å². The van der Waals surface area contributed by atoms with Gasteiger partial charge in [0.15, 0.2) is 0 Å². The second-order valence-electron chi connectivity index (χ2n) is 2.88. The highest BCUT2D eigenvalue weighted by Gasteiger charge is 2.18. The molecule has 0 fully saturated rings. The third-order valence-electron chi connectivity index (χ3n) is 1.86. The first-order valence-corrected chi connectivity index (χ1v) is 4.59. The molecule has 0 nitrogen and oxygen atoms in total. The first kappa shape index (κ1) is 7.17. The third-order valence-corrected chi connectivity index (χ3v) is 3.08. The van der Waals surface area contributed by atoms with Crippen LogP contribution in [0.15, 0.2) is 23.1 Å². The Morgan fingerprint density at radius 3 is 3.18 bits per heavy atom. The van der Waals surface area contributed by atoms with Crippen molar-refractivity contribution in [2.75, 3.05) is 0 Å². The van der Waals surface area contributed by atoms with Crippen LogP contribution in [0.25, 0.3) is 0 Å². The van der Waals surface area contributed by atoms with Crippen LogP contribution in [0.2, 0.25) is 0 Å². The number of rotatable bonds is 0. The van der Waals surface area contributed by atoms with Crippen molar-refractivity contribution < 1.29 is 4.39 Å². The molecule has 0 bridgehead atoms. The fraction of sp³-hybridized carbons (Fsp3) is 0.333. The molecule has 1 aliphatic rings. The van der Waals surface area contributed by atoms with E-state index in [-0.39, 0.29) is 5.82 Å². The first-order chi connectivity index (χ1) is 5.25. The molecule has 1 heterocycles. The van der Waals surface area contributed by atoms with Crippen LogP contribution >= 0.6 is 11.8 Å². The highest BCUT2D eigenvalue weighted by atomic mass is 32.2. The Hall–Kier alpha value is -0.500. The van der Waals surface area contributed by atoms with Crippen molar-refractivity contribution in [2.24, 2.45) is 0 Å². The van der Waals surface area contributed by atoms with Crippen LogP contribution in [0.5, 0.6) is 0 Å². The average Bonchev–Trinajstić information content (AvgIpc) is 2.27. The minimum Gasteiger partial charge on any atom is -0.207 e. The Morgan fingerprint density at radius 1 is 1.55 bits per heavy atom. The van der Waals surface area contributed by atoms with Crippen LogP contribution in [0.1, 0.15) is 12.5 Å². The molecule has 1 unspecified atom stereocenters. The maximum Gasteiger partial charge on any atom is 0.123 e. The van der Waals surface area contributed by atoms with Crippen LogP contribution in [0.3, 0.4) is 0 Å². The van der Waals surface area contributed by atoms with Gasteiger partial charge in [0.05, 0.1) is 0 Å². The number of halogens is 1. The van der Waals surface area contributed by atoms with Crippen molar-refractivity contribution in [3.63, 3.8) is 0 Å². The van der Waals surface area contributed by atoms with E-state index >= 15 is 0 Å². The monoisotopic (exact) mass is 168 g/mol. The smallest absolute Gasteiger partial charge is 0.123 e. The lowest BCUT2D eigenvalue weighted by atomic mass is 10.1. The molecular formula is C9H9FS. The molecule has 0 aliphatic carbocycles. The van der Waals surface area contributed by atoms with Gasteiger partial charge >= 0.3 is 0 Å². The van der Waals surface area contributed by atoms with Gasteiger partial charge in [0.1, 0.15) is 5.82 Å². The Balaban J connectivity index is 2.43. The molecule has 0 N–H and O–H groups in total. The van der Waals surface area contributed by atoms with Crippen molar-refractivity contribution in [1.82, 2.24) is 0 Å². The van der Waals surface area contributed by atoms with Crippen molar-refractivity contribution in [2.45, 2.75) is 23.5 Å². The first-order valence-electron chi connectivity index (χ1n) is 3.71. The van der Waals surface area contributed by atoms with Gasteiger partial charge in [-0.3, -0.25) is 0 Å². The number of hydrogen-bond donors (Lipinski definition) is 0. The van der Waals surface area contributed by atoms with Gasteiger partial charge in [-0.25, -0.2) is 4.39 Å². The molecule has 0 spiro atoms. The molecule has 58 valence electrons. The zero-order chi connectivity index (χ0) is 7.84. The fourth-order valence-electron chi connectivity index (χ4n) is 1.39. The minimum atomic E-state index is -0.113. The molecular weight excluding hydrogens is 159 g/mol. The summed E-state index contributed by atoms with van der Waals surface area (Å²) in [5.41, 5.74) is 1.17. The summed E-state index contributed by atoms with van der Waals surface area (Å²) < 4.78 is 12.7. The summed E-state index contributed by atoms with van der Waals surface area (Å²) in [6, 6.07) is 5.05. The molecule has 0 aromatic heterocycles. The maximum atomic E-state index is 12.7. The van der Waals surface area contributed by atoms with Gasteiger partial charge in [0.25, 0.3) is 0 Å². The van der Waals surface area contributed by atoms with E-state index in [4.69, 9.17) is 0 Å². The van der Waals surface area contributed by atoms with Crippen LogP contribution in [-0.2, 0) is 6.42 Å². The number of thioether (sulfide) groups is 1. The zero-order valence-corrected chi connectivity index (χ0v) is 7.12. The zero-order valence-electron chi connectivity index (χ0n) is 6.30. The van der Waals surface area contributed by atoms with Gasteiger partial charge in [-0.1, -0.05) is 6.92 Å². The molecule has 0 saturated carbocycles. The second kappa shape index (κ2) is 2.52. The predicted molar refractivity (Wildman–Crippen MR) is 45.4 cm³/mol. The van der Waals surface area contributed by atoms with E-state index in [0.29, 0.717) is 5.25 Å². The van der Waals surface area contributed by atoms with Gasteiger partial charge < -0.3 is 0 Å². The number of benzene rings is 1.